The molecule has 1 fully saturated rings. The Morgan fingerprint density at radius 3 is 3.00 bits per heavy atom. The molecule has 0 aliphatic carbocycles. The van der Waals surface area contributed by atoms with Gasteiger partial charge in [0, 0.05) is 17.4 Å². The van der Waals surface area contributed by atoms with E-state index in [1.165, 1.54) is 0 Å². The Morgan fingerprint density at radius 2 is 2.43 bits per heavy atom. The Labute approximate surface area is 86.4 Å². The van der Waals surface area contributed by atoms with Crippen LogP contribution in [-0.4, -0.2) is 41.0 Å². The summed E-state index contributed by atoms with van der Waals surface area (Å²) in [5.41, 5.74) is 0. The maximum absolute atomic E-state index is 11.4. The maximum Gasteiger partial charge on any atom is 0.318 e. The molecule has 0 N–H and O–H groups in total. The minimum Gasteiger partial charge on any atom is -0.465 e. The summed E-state index contributed by atoms with van der Waals surface area (Å²) < 4.78 is 21.4. The second-order valence-corrected chi connectivity index (χ2v) is 4.69. The molecular formula is C9H16O4S. The zero-order valence-corrected chi connectivity index (χ0v) is 9.18. The van der Waals surface area contributed by atoms with Crippen LogP contribution in [0.1, 0.15) is 19.8 Å². The number of hydrogen-bond acceptors (Lipinski definition) is 4. The first-order valence-electron chi connectivity index (χ1n) is 4.84. The molecule has 0 aromatic rings. The van der Waals surface area contributed by atoms with Crippen LogP contribution in [0.25, 0.3) is 0 Å². The van der Waals surface area contributed by atoms with E-state index in [1.54, 1.807) is 6.92 Å². The Kier molecular flexibility index (Phi) is 5.11. The smallest absolute Gasteiger partial charge is 0.318 e. The Balaban J connectivity index is 2.17. The van der Waals surface area contributed by atoms with Crippen molar-refractivity contribution in [1.29, 1.82) is 0 Å². The molecule has 1 aliphatic heterocycles. The van der Waals surface area contributed by atoms with Crippen molar-refractivity contribution in [2.75, 3.05) is 24.7 Å². The summed E-state index contributed by atoms with van der Waals surface area (Å²) in [7, 11) is -1.14. The lowest BCUT2D eigenvalue weighted by Gasteiger charge is -2.08. The molecular weight excluding hydrogens is 204 g/mol. The largest absolute Gasteiger partial charge is 0.465 e. The minimum absolute atomic E-state index is 0.00625. The molecule has 1 rings (SSSR count). The first kappa shape index (κ1) is 11.7. The van der Waals surface area contributed by atoms with Crippen LogP contribution in [0.5, 0.6) is 0 Å². The molecule has 2 unspecified atom stereocenters. The lowest BCUT2D eigenvalue weighted by molar-refractivity contribution is -0.139. The van der Waals surface area contributed by atoms with Crippen LogP contribution in [0.3, 0.4) is 0 Å². The highest BCUT2D eigenvalue weighted by atomic mass is 32.2. The molecule has 14 heavy (non-hydrogen) atoms. The second kappa shape index (κ2) is 6.14. The molecule has 0 amide bonds. The molecule has 0 aromatic heterocycles. The summed E-state index contributed by atoms with van der Waals surface area (Å²) in [5, 5.41) is 0. The molecule has 1 saturated heterocycles. The van der Waals surface area contributed by atoms with Gasteiger partial charge in [-0.1, -0.05) is 0 Å². The zero-order chi connectivity index (χ0) is 10.4. The van der Waals surface area contributed by atoms with E-state index in [0.29, 0.717) is 12.4 Å². The van der Waals surface area contributed by atoms with Crippen LogP contribution in [0, 0.1) is 0 Å². The highest BCUT2D eigenvalue weighted by molar-refractivity contribution is 7.85. The third-order valence-corrected chi connectivity index (χ3v) is 3.28. The van der Waals surface area contributed by atoms with Gasteiger partial charge in [0.2, 0.25) is 0 Å². The van der Waals surface area contributed by atoms with Crippen molar-refractivity contribution in [2.45, 2.75) is 25.9 Å². The van der Waals surface area contributed by atoms with Crippen molar-refractivity contribution in [1.82, 2.24) is 0 Å². The van der Waals surface area contributed by atoms with Gasteiger partial charge in [-0.15, -0.1) is 0 Å². The molecule has 1 aliphatic rings. The fraction of sp³-hybridized carbons (Fsp3) is 0.889. The number of carbonyl (C=O) groups excluding carboxylic acids is 1. The Bertz CT molecular complexity index is 211. The summed E-state index contributed by atoms with van der Waals surface area (Å²) in [4.78, 5) is 11.0. The fourth-order valence-corrected chi connectivity index (χ4v) is 2.52. The summed E-state index contributed by atoms with van der Waals surface area (Å²) in [5.74, 6) is 0.0656. The minimum atomic E-state index is -1.14. The van der Waals surface area contributed by atoms with Gasteiger partial charge in [-0.05, 0) is 19.8 Å². The Hall–Kier alpha value is -0.420. The number of ether oxygens (including phenoxy) is 2. The monoisotopic (exact) mass is 220 g/mol. The summed E-state index contributed by atoms with van der Waals surface area (Å²) in [6.45, 7) is 2.83. The van der Waals surface area contributed by atoms with Gasteiger partial charge < -0.3 is 9.47 Å². The lowest BCUT2D eigenvalue weighted by atomic mass is 10.3. The predicted octanol–water partition coefficient (Wildman–Crippen LogP) is 0.477. The van der Waals surface area contributed by atoms with Crippen molar-refractivity contribution in [3.8, 4) is 0 Å². The Morgan fingerprint density at radius 1 is 1.64 bits per heavy atom. The van der Waals surface area contributed by atoms with Gasteiger partial charge in [0.15, 0.2) is 0 Å². The topological polar surface area (TPSA) is 52.6 Å². The summed E-state index contributed by atoms with van der Waals surface area (Å²) >= 11 is 0. The van der Waals surface area contributed by atoms with Crippen molar-refractivity contribution in [2.24, 2.45) is 0 Å². The van der Waals surface area contributed by atoms with Gasteiger partial charge in [0.05, 0.1) is 18.5 Å². The average Bonchev–Trinajstić information content (AvgIpc) is 2.56. The molecule has 0 aromatic carbocycles. The highest BCUT2D eigenvalue weighted by Crippen LogP contribution is 2.12. The van der Waals surface area contributed by atoms with Crippen molar-refractivity contribution < 1.29 is 18.5 Å². The highest BCUT2D eigenvalue weighted by Gasteiger charge is 2.19. The zero-order valence-electron chi connectivity index (χ0n) is 8.36. The number of hydrogen-bond donors (Lipinski definition) is 0. The van der Waals surface area contributed by atoms with Gasteiger partial charge in [0.1, 0.15) is 5.75 Å². The molecule has 4 nitrogen and oxygen atoms in total. The maximum atomic E-state index is 11.4. The van der Waals surface area contributed by atoms with Gasteiger partial charge in [-0.25, -0.2) is 0 Å². The van der Waals surface area contributed by atoms with Crippen LogP contribution in [0.2, 0.25) is 0 Å². The first-order valence-corrected chi connectivity index (χ1v) is 6.33. The SMILES string of the molecule is CCOC(=O)CS(=O)CC1CCCO1. The molecule has 5 heteroatoms. The lowest BCUT2D eigenvalue weighted by Crippen LogP contribution is -2.22. The van der Waals surface area contributed by atoms with Gasteiger partial charge in [-0.3, -0.25) is 9.00 Å². The van der Waals surface area contributed by atoms with Crippen LogP contribution in [0.15, 0.2) is 0 Å². The van der Waals surface area contributed by atoms with Gasteiger partial charge in [-0.2, -0.15) is 0 Å². The molecule has 0 bridgehead atoms. The van der Waals surface area contributed by atoms with Crippen molar-refractivity contribution in [3.63, 3.8) is 0 Å². The van der Waals surface area contributed by atoms with E-state index >= 15 is 0 Å². The molecule has 0 radical (unpaired) electrons. The molecule has 82 valence electrons. The van der Waals surface area contributed by atoms with Crippen LogP contribution >= 0.6 is 0 Å². The average molecular weight is 220 g/mol. The van der Waals surface area contributed by atoms with Crippen LogP contribution < -0.4 is 0 Å². The quantitative estimate of drug-likeness (QED) is 0.632. The molecule has 0 saturated carbocycles. The number of esters is 1. The number of carbonyl (C=O) groups is 1. The van der Waals surface area contributed by atoms with E-state index in [2.05, 4.69) is 0 Å². The van der Waals surface area contributed by atoms with Crippen molar-refractivity contribution in [3.05, 3.63) is 0 Å². The van der Waals surface area contributed by atoms with E-state index in [9.17, 15) is 9.00 Å². The number of rotatable bonds is 5. The van der Waals surface area contributed by atoms with Crippen LogP contribution in [-0.2, 0) is 25.1 Å². The van der Waals surface area contributed by atoms with E-state index in [1.807, 2.05) is 0 Å². The van der Waals surface area contributed by atoms with E-state index in [4.69, 9.17) is 9.47 Å². The van der Waals surface area contributed by atoms with Gasteiger partial charge in [0.25, 0.3) is 0 Å². The van der Waals surface area contributed by atoms with Crippen LogP contribution in [0.4, 0.5) is 0 Å². The predicted molar refractivity (Wildman–Crippen MR) is 53.5 cm³/mol. The van der Waals surface area contributed by atoms with E-state index in [0.717, 1.165) is 19.4 Å². The normalized spacial score (nSPS) is 23.4. The summed E-state index contributed by atoms with van der Waals surface area (Å²) in [6.07, 6.45) is 2.06. The van der Waals surface area contributed by atoms with E-state index < -0.39 is 10.8 Å². The fourth-order valence-electron chi connectivity index (χ4n) is 1.38. The second-order valence-electron chi connectivity index (χ2n) is 3.19. The third kappa shape index (κ3) is 4.19. The molecule has 0 spiro atoms. The summed E-state index contributed by atoms with van der Waals surface area (Å²) in [6, 6.07) is 0. The van der Waals surface area contributed by atoms with Gasteiger partial charge >= 0.3 is 5.97 Å². The van der Waals surface area contributed by atoms with E-state index in [-0.39, 0.29) is 17.8 Å². The molecule has 2 atom stereocenters. The third-order valence-electron chi connectivity index (χ3n) is 1.98. The molecule has 1 heterocycles. The first-order chi connectivity index (χ1) is 6.72. The standard InChI is InChI=1S/C9H16O4S/c1-2-12-9(10)7-14(11)6-8-4-3-5-13-8/h8H,2-7H2,1H3. The van der Waals surface area contributed by atoms with Crippen molar-refractivity contribution >= 4 is 16.8 Å².